The first-order valence-corrected chi connectivity index (χ1v) is 22.3. The van der Waals surface area contributed by atoms with Gasteiger partial charge in [-0.05, 0) is 120 Å². The van der Waals surface area contributed by atoms with Gasteiger partial charge in [-0.25, -0.2) is 0 Å². The lowest BCUT2D eigenvalue weighted by Crippen LogP contribution is -2.61. The second-order valence-electron chi connectivity index (χ2n) is 17.6. The molecule has 2 heterocycles. The van der Waals surface area contributed by atoms with E-state index >= 15 is 0 Å². The number of fused-ring (bicyclic) bond motifs is 4. The maximum Gasteiger partial charge on any atom is 0.252 e. The molecule has 2 aliphatic rings. The molecule has 0 spiro atoms. The predicted octanol–water partition coefficient (Wildman–Crippen LogP) is 15.0. The number of rotatable bonds is 6. The number of anilines is 6. The van der Waals surface area contributed by atoms with E-state index in [1.165, 1.54) is 22.2 Å². The van der Waals surface area contributed by atoms with Crippen LogP contribution in [0.4, 0.5) is 34.1 Å². The van der Waals surface area contributed by atoms with Gasteiger partial charge in [0.25, 0.3) is 6.71 Å². The van der Waals surface area contributed by atoms with Gasteiger partial charge < -0.3 is 9.80 Å². The van der Waals surface area contributed by atoms with Crippen LogP contribution in [0.3, 0.4) is 0 Å². The summed E-state index contributed by atoms with van der Waals surface area (Å²) in [6.07, 6.45) is 0. The minimum Gasteiger partial charge on any atom is -0.310 e. The summed E-state index contributed by atoms with van der Waals surface area (Å²) in [6.45, 7) is 6.68. The van der Waals surface area contributed by atoms with Crippen LogP contribution >= 0.6 is 23.2 Å². The standard InChI is InChI=1S/C58H43BCl2N2/c1-58(2,3)46-36-53-55-54(37-46)63(48-30-26-43(27-31-48)39-18-10-5-11-19-39)57-50(33-45(35-52(57)61)41-22-14-7-15-23-41)59(55)49-32-44(40-20-12-6-13-21-40)34-51(60)56(49)62(53)47-28-24-42(25-29-47)38-16-8-4-9-17-38/h4-37H,1-3H3. The molecule has 63 heavy (non-hydrogen) atoms. The van der Waals surface area contributed by atoms with E-state index in [2.05, 4.69) is 237 Å². The number of hydrogen-bond acceptors (Lipinski definition) is 2. The molecule has 0 unspecified atom stereocenters. The van der Waals surface area contributed by atoms with Crippen molar-refractivity contribution in [2.45, 2.75) is 26.2 Å². The average molecular weight is 850 g/mol. The normalized spacial score (nSPS) is 12.7. The first kappa shape index (κ1) is 39.1. The Balaban J connectivity index is 1.23. The van der Waals surface area contributed by atoms with Crippen molar-refractivity contribution >= 4 is 80.4 Å². The van der Waals surface area contributed by atoms with Crippen molar-refractivity contribution in [2.75, 3.05) is 9.80 Å². The van der Waals surface area contributed by atoms with Crippen LogP contribution in [0.1, 0.15) is 26.3 Å². The first-order valence-electron chi connectivity index (χ1n) is 21.6. The minimum atomic E-state index is -0.198. The molecule has 0 radical (unpaired) electrons. The molecule has 0 saturated heterocycles. The van der Waals surface area contributed by atoms with Gasteiger partial charge in [-0.2, -0.15) is 0 Å². The largest absolute Gasteiger partial charge is 0.310 e. The molecule has 0 fully saturated rings. The number of benzene rings is 9. The minimum absolute atomic E-state index is 0.185. The van der Waals surface area contributed by atoms with Crippen molar-refractivity contribution in [1.29, 1.82) is 0 Å². The van der Waals surface area contributed by atoms with Gasteiger partial charge in [-0.3, -0.25) is 0 Å². The van der Waals surface area contributed by atoms with Gasteiger partial charge in [0.1, 0.15) is 0 Å². The van der Waals surface area contributed by atoms with Crippen LogP contribution in [-0.2, 0) is 5.41 Å². The van der Waals surface area contributed by atoms with Crippen molar-refractivity contribution < 1.29 is 0 Å². The molecule has 0 amide bonds. The summed E-state index contributed by atoms with van der Waals surface area (Å²) in [6, 6.07) is 74.0. The Labute approximate surface area is 380 Å². The van der Waals surface area contributed by atoms with Crippen molar-refractivity contribution in [1.82, 2.24) is 0 Å². The maximum absolute atomic E-state index is 7.74. The molecule has 0 aromatic heterocycles. The van der Waals surface area contributed by atoms with Gasteiger partial charge in [-0.15, -0.1) is 0 Å². The SMILES string of the molecule is CC(C)(C)c1cc2c3c(c1)N(c1ccc(-c4ccccc4)cc1)c1c(Cl)cc(-c4ccccc4)cc1B3c1cc(-c3ccccc3)cc(Cl)c1N2c1ccc(-c2ccccc2)cc1. The Kier molecular flexibility index (Phi) is 9.64. The summed E-state index contributed by atoms with van der Waals surface area (Å²) >= 11 is 15.5. The van der Waals surface area contributed by atoms with Crippen LogP contribution in [0.15, 0.2) is 206 Å². The Morgan fingerprint density at radius 3 is 1.02 bits per heavy atom. The lowest BCUT2D eigenvalue weighted by Gasteiger charge is -2.45. The van der Waals surface area contributed by atoms with Crippen LogP contribution in [0.2, 0.25) is 10.0 Å². The molecule has 0 bridgehead atoms. The van der Waals surface area contributed by atoms with Gasteiger partial charge >= 0.3 is 0 Å². The van der Waals surface area contributed by atoms with Crippen molar-refractivity contribution in [3.8, 4) is 44.5 Å². The highest BCUT2D eigenvalue weighted by molar-refractivity contribution is 7.00. The van der Waals surface area contributed by atoms with Gasteiger partial charge in [-0.1, -0.05) is 202 Å². The van der Waals surface area contributed by atoms with Crippen LogP contribution in [0, 0.1) is 0 Å². The molecule has 0 aliphatic carbocycles. The molecule has 11 rings (SSSR count). The highest BCUT2D eigenvalue weighted by Crippen LogP contribution is 2.50. The topological polar surface area (TPSA) is 6.48 Å². The monoisotopic (exact) mass is 848 g/mol. The fourth-order valence-electron chi connectivity index (χ4n) is 9.59. The second-order valence-corrected chi connectivity index (χ2v) is 18.4. The van der Waals surface area contributed by atoms with E-state index in [1.807, 2.05) is 0 Å². The predicted molar refractivity (Wildman–Crippen MR) is 271 cm³/mol. The first-order chi connectivity index (χ1) is 30.7. The molecule has 302 valence electrons. The lowest BCUT2D eigenvalue weighted by molar-refractivity contribution is 0.590. The molecular formula is C58H43BCl2N2. The zero-order valence-electron chi connectivity index (χ0n) is 35.4. The molecule has 9 aromatic carbocycles. The van der Waals surface area contributed by atoms with Gasteiger partial charge in [0, 0.05) is 22.7 Å². The van der Waals surface area contributed by atoms with E-state index in [0.29, 0.717) is 10.0 Å². The Hall–Kier alpha value is -6.78. The summed E-state index contributed by atoms with van der Waals surface area (Å²) in [5, 5.41) is 1.38. The third-order valence-electron chi connectivity index (χ3n) is 12.7. The Bertz CT molecular complexity index is 2940. The van der Waals surface area contributed by atoms with Crippen LogP contribution < -0.4 is 26.2 Å². The smallest absolute Gasteiger partial charge is 0.252 e. The zero-order chi connectivity index (χ0) is 42.8. The summed E-state index contributed by atoms with van der Waals surface area (Å²) < 4.78 is 0. The zero-order valence-corrected chi connectivity index (χ0v) is 36.9. The summed E-state index contributed by atoms with van der Waals surface area (Å²) in [5.41, 5.74) is 19.8. The van der Waals surface area contributed by atoms with Crippen LogP contribution in [-0.4, -0.2) is 6.71 Å². The van der Waals surface area contributed by atoms with Gasteiger partial charge in [0.15, 0.2) is 0 Å². The summed E-state index contributed by atoms with van der Waals surface area (Å²) in [4.78, 5) is 4.83. The average Bonchev–Trinajstić information content (AvgIpc) is 3.32. The van der Waals surface area contributed by atoms with Gasteiger partial charge in [0.05, 0.1) is 21.4 Å². The molecule has 2 nitrogen and oxygen atoms in total. The van der Waals surface area contributed by atoms with E-state index in [1.54, 1.807) is 0 Å². The molecule has 0 atom stereocenters. The Morgan fingerprint density at radius 1 is 0.365 bits per heavy atom. The molecule has 2 aliphatic heterocycles. The van der Waals surface area contributed by atoms with E-state index in [-0.39, 0.29) is 12.1 Å². The molecule has 9 aromatic rings. The molecule has 0 saturated carbocycles. The number of halogens is 2. The number of nitrogens with zero attached hydrogens (tertiary/aromatic N) is 2. The molecule has 0 N–H and O–H groups in total. The highest BCUT2D eigenvalue weighted by Gasteiger charge is 2.46. The second kappa shape index (κ2) is 15.5. The fraction of sp³-hybridized carbons (Fsp3) is 0.0690. The quantitative estimate of drug-likeness (QED) is 0.154. The van der Waals surface area contributed by atoms with Crippen molar-refractivity contribution in [2.24, 2.45) is 0 Å². The third kappa shape index (κ3) is 6.84. The van der Waals surface area contributed by atoms with Crippen molar-refractivity contribution in [3.63, 3.8) is 0 Å². The van der Waals surface area contributed by atoms with Crippen molar-refractivity contribution in [3.05, 3.63) is 222 Å². The summed E-state index contributed by atoms with van der Waals surface area (Å²) in [5.74, 6) is 0. The van der Waals surface area contributed by atoms with Crippen LogP contribution in [0.25, 0.3) is 44.5 Å². The summed E-state index contributed by atoms with van der Waals surface area (Å²) in [7, 11) is 0. The van der Waals surface area contributed by atoms with Crippen LogP contribution in [0.5, 0.6) is 0 Å². The van der Waals surface area contributed by atoms with E-state index in [9.17, 15) is 0 Å². The Morgan fingerprint density at radius 2 is 0.683 bits per heavy atom. The number of hydrogen-bond donors (Lipinski definition) is 0. The van der Waals surface area contributed by atoms with E-state index in [4.69, 9.17) is 23.2 Å². The fourth-order valence-corrected chi connectivity index (χ4v) is 10.2. The third-order valence-corrected chi connectivity index (χ3v) is 13.3. The van der Waals surface area contributed by atoms with E-state index in [0.717, 1.165) is 78.4 Å². The lowest BCUT2D eigenvalue weighted by atomic mass is 9.33. The van der Waals surface area contributed by atoms with E-state index < -0.39 is 0 Å². The van der Waals surface area contributed by atoms with Gasteiger partial charge in [0.2, 0.25) is 0 Å². The molecular weight excluding hydrogens is 806 g/mol. The molecule has 5 heteroatoms. The highest BCUT2D eigenvalue weighted by atomic mass is 35.5. The maximum atomic E-state index is 7.74.